The average Bonchev–Trinajstić information content (AvgIpc) is 2.69. The van der Waals surface area contributed by atoms with E-state index in [1.165, 1.54) is 24.2 Å². The van der Waals surface area contributed by atoms with Crippen LogP contribution in [0.4, 0.5) is 0 Å². The Morgan fingerprint density at radius 2 is 1.79 bits per heavy atom. The highest BCUT2D eigenvalue weighted by molar-refractivity contribution is 6.05. The van der Waals surface area contributed by atoms with E-state index in [4.69, 9.17) is 0 Å². The van der Waals surface area contributed by atoms with Crippen molar-refractivity contribution in [3.63, 3.8) is 0 Å². The molecule has 1 N–H and O–H groups in total. The minimum absolute atomic E-state index is 0.00248. The highest BCUT2D eigenvalue weighted by atomic mass is 16.2. The first-order valence-electron chi connectivity index (χ1n) is 7.70. The van der Waals surface area contributed by atoms with E-state index < -0.39 is 0 Å². The molecule has 1 heterocycles. The summed E-state index contributed by atoms with van der Waals surface area (Å²) in [6.07, 6.45) is 4.56. The smallest absolute Gasteiger partial charge is 0.247 e. The van der Waals surface area contributed by atoms with Crippen LogP contribution < -0.4 is 5.32 Å². The summed E-state index contributed by atoms with van der Waals surface area (Å²) < 4.78 is 0. The molecule has 5 atom stereocenters. The second kappa shape index (κ2) is 3.81. The largest absolute Gasteiger partial charge is 0.302 e. The standard InChI is InChI=1S/C15H22N2O2/c1-7(2)17-11(18)6-10(15(17)19)16-14-12-8-3-4-9(5-8)13(12)14/h7-10,12-14,16H,3-6H2,1-2H3. The predicted molar refractivity (Wildman–Crippen MR) is 70.1 cm³/mol. The molecule has 0 aromatic heterocycles. The van der Waals surface area contributed by atoms with Crippen molar-refractivity contribution in [2.24, 2.45) is 23.7 Å². The summed E-state index contributed by atoms with van der Waals surface area (Å²) in [6.45, 7) is 3.81. The van der Waals surface area contributed by atoms with Crippen LogP contribution in [0.1, 0.15) is 39.5 Å². The van der Waals surface area contributed by atoms with E-state index in [0.717, 1.165) is 23.7 Å². The Bertz CT molecular complexity index is 431. The first kappa shape index (κ1) is 11.9. The molecule has 4 heteroatoms. The molecule has 104 valence electrons. The van der Waals surface area contributed by atoms with Gasteiger partial charge in [0.25, 0.3) is 0 Å². The van der Waals surface area contributed by atoms with Gasteiger partial charge in [-0.3, -0.25) is 14.5 Å². The molecule has 0 aromatic rings. The molecule has 0 aromatic carbocycles. The summed E-state index contributed by atoms with van der Waals surface area (Å²) in [5.74, 6) is 3.43. The molecule has 0 spiro atoms. The molecule has 1 saturated heterocycles. The van der Waals surface area contributed by atoms with Gasteiger partial charge in [0.2, 0.25) is 11.8 Å². The molecule has 4 aliphatic rings. The summed E-state index contributed by atoms with van der Waals surface area (Å²) >= 11 is 0. The Labute approximate surface area is 113 Å². The van der Waals surface area contributed by atoms with Crippen molar-refractivity contribution in [3.05, 3.63) is 0 Å². The topological polar surface area (TPSA) is 49.4 Å². The van der Waals surface area contributed by atoms with Crippen LogP contribution in [0, 0.1) is 23.7 Å². The van der Waals surface area contributed by atoms with Crippen LogP contribution in [-0.2, 0) is 9.59 Å². The zero-order valence-electron chi connectivity index (χ0n) is 11.6. The number of nitrogens with zero attached hydrogens (tertiary/aromatic N) is 1. The van der Waals surface area contributed by atoms with Gasteiger partial charge in [0.15, 0.2) is 0 Å². The van der Waals surface area contributed by atoms with Crippen molar-refractivity contribution in [1.82, 2.24) is 10.2 Å². The summed E-state index contributed by atoms with van der Waals surface area (Å²) in [5.41, 5.74) is 0. The molecule has 4 nitrogen and oxygen atoms in total. The summed E-state index contributed by atoms with van der Waals surface area (Å²) in [4.78, 5) is 25.6. The van der Waals surface area contributed by atoms with Crippen LogP contribution in [0.3, 0.4) is 0 Å². The maximum Gasteiger partial charge on any atom is 0.247 e. The number of rotatable bonds is 3. The zero-order chi connectivity index (χ0) is 13.3. The molecule has 3 aliphatic carbocycles. The summed E-state index contributed by atoms with van der Waals surface area (Å²) in [5, 5.41) is 3.51. The second-order valence-corrected chi connectivity index (χ2v) is 7.13. The quantitative estimate of drug-likeness (QED) is 0.776. The van der Waals surface area contributed by atoms with Gasteiger partial charge >= 0.3 is 0 Å². The van der Waals surface area contributed by atoms with E-state index in [9.17, 15) is 9.59 Å². The Morgan fingerprint density at radius 1 is 1.16 bits per heavy atom. The van der Waals surface area contributed by atoms with Gasteiger partial charge in [-0.2, -0.15) is 0 Å². The molecule has 4 rings (SSSR count). The third-order valence-corrected chi connectivity index (χ3v) is 5.83. The number of imide groups is 1. The average molecular weight is 262 g/mol. The first-order valence-corrected chi connectivity index (χ1v) is 7.70. The molecule has 2 bridgehead atoms. The van der Waals surface area contributed by atoms with Gasteiger partial charge in [-0.15, -0.1) is 0 Å². The highest BCUT2D eigenvalue weighted by Crippen LogP contribution is 2.65. The Balaban J connectivity index is 1.43. The minimum atomic E-state index is -0.245. The number of carbonyl (C=O) groups excluding carboxylic acids is 2. The van der Waals surface area contributed by atoms with Crippen molar-refractivity contribution in [2.45, 2.75) is 57.7 Å². The lowest BCUT2D eigenvalue weighted by atomic mass is 10.0. The second-order valence-electron chi connectivity index (χ2n) is 7.13. The van der Waals surface area contributed by atoms with Crippen LogP contribution in [0.25, 0.3) is 0 Å². The maximum atomic E-state index is 12.3. The number of nitrogens with one attached hydrogen (secondary N) is 1. The predicted octanol–water partition coefficient (Wildman–Crippen LogP) is 1.16. The normalized spacial score (nSPS) is 47.4. The number of carbonyl (C=O) groups is 2. The summed E-state index contributed by atoms with van der Waals surface area (Å²) in [6, 6.07) is 0.270. The van der Waals surface area contributed by atoms with Crippen molar-refractivity contribution in [1.29, 1.82) is 0 Å². The van der Waals surface area contributed by atoms with E-state index in [1.807, 2.05) is 13.8 Å². The number of fused-ring (bicyclic) bond motifs is 5. The molecular weight excluding hydrogens is 240 g/mol. The third kappa shape index (κ3) is 1.55. The maximum absolute atomic E-state index is 12.3. The van der Waals surface area contributed by atoms with E-state index in [1.54, 1.807) is 0 Å². The van der Waals surface area contributed by atoms with E-state index in [0.29, 0.717) is 12.5 Å². The van der Waals surface area contributed by atoms with Gasteiger partial charge in [0.1, 0.15) is 0 Å². The van der Waals surface area contributed by atoms with Crippen LogP contribution in [0.2, 0.25) is 0 Å². The monoisotopic (exact) mass is 262 g/mol. The fourth-order valence-electron chi connectivity index (χ4n) is 5.10. The van der Waals surface area contributed by atoms with Crippen LogP contribution in [0.5, 0.6) is 0 Å². The Hall–Kier alpha value is -0.900. The first-order chi connectivity index (χ1) is 9.08. The number of hydrogen-bond acceptors (Lipinski definition) is 3. The van der Waals surface area contributed by atoms with Crippen molar-refractivity contribution < 1.29 is 9.59 Å². The Kier molecular flexibility index (Phi) is 2.39. The van der Waals surface area contributed by atoms with Gasteiger partial charge in [0.05, 0.1) is 12.5 Å². The van der Waals surface area contributed by atoms with Gasteiger partial charge in [-0.1, -0.05) is 0 Å². The molecule has 0 radical (unpaired) electrons. The van der Waals surface area contributed by atoms with Gasteiger partial charge in [0, 0.05) is 12.1 Å². The third-order valence-electron chi connectivity index (χ3n) is 5.83. The highest BCUT2D eigenvalue weighted by Gasteiger charge is 2.65. The molecular formula is C15H22N2O2. The van der Waals surface area contributed by atoms with E-state index >= 15 is 0 Å². The van der Waals surface area contributed by atoms with Gasteiger partial charge in [-0.25, -0.2) is 0 Å². The molecule has 5 unspecified atom stereocenters. The molecule has 1 aliphatic heterocycles. The van der Waals surface area contributed by atoms with Crippen LogP contribution in [-0.4, -0.2) is 34.8 Å². The van der Waals surface area contributed by atoms with E-state index in [-0.39, 0.29) is 23.9 Å². The fraction of sp³-hybridized carbons (Fsp3) is 0.867. The van der Waals surface area contributed by atoms with Crippen LogP contribution in [0.15, 0.2) is 0 Å². The molecule has 3 saturated carbocycles. The van der Waals surface area contributed by atoms with Crippen molar-refractivity contribution >= 4 is 11.8 Å². The summed E-state index contributed by atoms with van der Waals surface area (Å²) in [7, 11) is 0. The minimum Gasteiger partial charge on any atom is -0.302 e. The van der Waals surface area contributed by atoms with Gasteiger partial charge in [-0.05, 0) is 56.8 Å². The van der Waals surface area contributed by atoms with Crippen molar-refractivity contribution in [2.75, 3.05) is 0 Å². The molecule has 4 fully saturated rings. The zero-order valence-corrected chi connectivity index (χ0v) is 11.6. The van der Waals surface area contributed by atoms with Crippen LogP contribution >= 0.6 is 0 Å². The molecule has 19 heavy (non-hydrogen) atoms. The number of hydrogen-bond donors (Lipinski definition) is 1. The van der Waals surface area contributed by atoms with Gasteiger partial charge < -0.3 is 5.32 Å². The lowest BCUT2D eigenvalue weighted by Gasteiger charge is -2.20. The van der Waals surface area contributed by atoms with E-state index in [2.05, 4.69) is 5.32 Å². The lowest BCUT2D eigenvalue weighted by Crippen LogP contribution is -2.43. The van der Waals surface area contributed by atoms with Crippen molar-refractivity contribution in [3.8, 4) is 0 Å². The SMILES string of the molecule is CC(C)N1C(=O)CC(NC2C3C4CCC(C4)C23)C1=O. The number of amides is 2. The fourth-order valence-corrected chi connectivity index (χ4v) is 5.10. The molecule has 2 amide bonds. The lowest BCUT2D eigenvalue weighted by molar-refractivity contribution is -0.140. The number of likely N-dealkylation sites (tertiary alicyclic amines) is 1. The Morgan fingerprint density at radius 3 is 2.32 bits per heavy atom.